The highest BCUT2D eigenvalue weighted by molar-refractivity contribution is 5.94. The van der Waals surface area contributed by atoms with E-state index in [1.165, 1.54) is 16.9 Å². The van der Waals surface area contributed by atoms with Crippen molar-refractivity contribution in [1.29, 1.82) is 0 Å². The van der Waals surface area contributed by atoms with Crippen LogP contribution in [0, 0.1) is 11.8 Å². The number of esters is 1. The number of anilines is 2. The van der Waals surface area contributed by atoms with Gasteiger partial charge in [-0.3, -0.25) is 14.4 Å². The van der Waals surface area contributed by atoms with Crippen LogP contribution in [-0.4, -0.2) is 71.9 Å². The molecule has 0 aliphatic carbocycles. The van der Waals surface area contributed by atoms with Crippen LogP contribution >= 0.6 is 0 Å². The average Bonchev–Trinajstić information content (AvgIpc) is 3.24. The maximum atomic E-state index is 13.2. The highest BCUT2D eigenvalue weighted by atomic mass is 16.5. The Kier molecular flexibility index (Phi) is 6.53. The first-order chi connectivity index (χ1) is 16.0. The van der Waals surface area contributed by atoms with E-state index in [0.717, 1.165) is 26.2 Å². The molecule has 0 bridgehead atoms. The van der Waals surface area contributed by atoms with Gasteiger partial charge in [0.2, 0.25) is 5.95 Å². The lowest BCUT2D eigenvalue weighted by molar-refractivity contribution is 0.0174. The van der Waals surface area contributed by atoms with E-state index < -0.39 is 12.2 Å². The molecule has 1 aromatic carbocycles. The molecule has 0 spiro atoms. The molecule has 2 amide bonds. The largest absolute Gasteiger partial charge is 0.465 e. The summed E-state index contributed by atoms with van der Waals surface area (Å²) in [6, 6.07) is 6.45. The molecular weight excluding hydrogens is 424 g/mol. The van der Waals surface area contributed by atoms with Crippen molar-refractivity contribution in [2.45, 2.75) is 26.2 Å². The third-order valence-corrected chi connectivity index (χ3v) is 5.87. The summed E-state index contributed by atoms with van der Waals surface area (Å²) in [6.45, 7) is 5.43. The van der Waals surface area contributed by atoms with Crippen molar-refractivity contribution in [3.8, 4) is 11.8 Å². The Hall–Kier alpha value is -3.55. The summed E-state index contributed by atoms with van der Waals surface area (Å²) in [6.07, 6.45) is -1.21. The summed E-state index contributed by atoms with van der Waals surface area (Å²) in [5.74, 6) is 6.63. The SMILES string of the molecule is CC#CCn1c(N2CCNCC2)nc2c1C(O)N(Cc1cccc(C(=O)OC)c1)C(=O)N2C. The standard InChI is InChI=1S/C23H28N6O4/c1-4-5-11-28-18-19(25-22(28)27-12-9-24-10-13-27)26(2)23(32)29(20(18)30)15-16-7-6-8-17(14-16)21(31)33-3/h6-8,14,20,24,30H,9-13,15H2,1-3H3. The van der Waals surface area contributed by atoms with E-state index in [1.807, 2.05) is 4.57 Å². The second-order valence-corrected chi connectivity index (χ2v) is 7.91. The lowest BCUT2D eigenvalue weighted by atomic mass is 10.1. The van der Waals surface area contributed by atoms with E-state index in [0.29, 0.717) is 35.1 Å². The van der Waals surface area contributed by atoms with Crippen molar-refractivity contribution in [3.05, 3.63) is 41.1 Å². The number of hydrogen-bond acceptors (Lipinski definition) is 7. The summed E-state index contributed by atoms with van der Waals surface area (Å²) < 4.78 is 6.68. The van der Waals surface area contributed by atoms with Gasteiger partial charge in [0, 0.05) is 33.2 Å². The zero-order valence-corrected chi connectivity index (χ0v) is 19.0. The van der Waals surface area contributed by atoms with Crippen LogP contribution < -0.4 is 15.1 Å². The highest BCUT2D eigenvalue weighted by Crippen LogP contribution is 2.38. The van der Waals surface area contributed by atoms with E-state index in [1.54, 1.807) is 38.2 Å². The molecule has 0 radical (unpaired) electrons. The van der Waals surface area contributed by atoms with Crippen LogP contribution in [0.2, 0.25) is 0 Å². The van der Waals surface area contributed by atoms with E-state index in [9.17, 15) is 14.7 Å². The molecular formula is C23H28N6O4. The van der Waals surface area contributed by atoms with Gasteiger partial charge in [-0.2, -0.15) is 4.98 Å². The number of benzene rings is 1. The van der Waals surface area contributed by atoms with Crippen LogP contribution in [0.5, 0.6) is 0 Å². The van der Waals surface area contributed by atoms with Crippen LogP contribution in [0.4, 0.5) is 16.6 Å². The van der Waals surface area contributed by atoms with Crippen molar-refractivity contribution >= 4 is 23.8 Å². The molecule has 1 unspecified atom stereocenters. The Bertz CT molecular complexity index is 1110. The van der Waals surface area contributed by atoms with Gasteiger partial charge in [0.05, 0.1) is 25.8 Å². The van der Waals surface area contributed by atoms with Crippen molar-refractivity contribution < 1.29 is 19.4 Å². The lowest BCUT2D eigenvalue weighted by Gasteiger charge is -2.37. The number of nitrogens with zero attached hydrogens (tertiary/aromatic N) is 5. The Labute approximate surface area is 192 Å². The normalized spacial score (nSPS) is 18.0. The molecule has 1 atom stereocenters. The van der Waals surface area contributed by atoms with Crippen LogP contribution in [0.25, 0.3) is 0 Å². The smallest absolute Gasteiger partial charge is 0.337 e. The number of imidazole rings is 1. The Morgan fingerprint density at radius 3 is 2.79 bits per heavy atom. The molecule has 0 saturated carbocycles. The minimum atomic E-state index is -1.21. The molecule has 2 aromatic rings. The molecule has 2 N–H and O–H groups in total. The number of fused-ring (bicyclic) bond motifs is 1. The molecule has 33 heavy (non-hydrogen) atoms. The number of carbonyl (C=O) groups excluding carboxylic acids is 2. The number of piperazine rings is 1. The summed E-state index contributed by atoms with van der Waals surface area (Å²) >= 11 is 0. The summed E-state index contributed by atoms with van der Waals surface area (Å²) in [7, 11) is 2.97. The number of methoxy groups -OCH3 is 1. The second-order valence-electron chi connectivity index (χ2n) is 7.91. The van der Waals surface area contributed by atoms with Crippen molar-refractivity contribution in [3.63, 3.8) is 0 Å². The van der Waals surface area contributed by atoms with Crippen LogP contribution in [0.3, 0.4) is 0 Å². The zero-order valence-electron chi connectivity index (χ0n) is 19.0. The maximum absolute atomic E-state index is 13.2. The number of amides is 2. The number of carbonyl (C=O) groups is 2. The minimum absolute atomic E-state index is 0.113. The van der Waals surface area contributed by atoms with Crippen LogP contribution in [0.15, 0.2) is 24.3 Å². The van der Waals surface area contributed by atoms with Crippen molar-refractivity contribution in [2.24, 2.45) is 0 Å². The third-order valence-electron chi connectivity index (χ3n) is 5.87. The van der Waals surface area contributed by atoms with Gasteiger partial charge in [-0.05, 0) is 24.6 Å². The third kappa shape index (κ3) is 4.25. The number of aromatic nitrogens is 2. The van der Waals surface area contributed by atoms with Gasteiger partial charge in [0.15, 0.2) is 12.0 Å². The molecule has 10 nitrogen and oxygen atoms in total. The number of hydrogen-bond donors (Lipinski definition) is 2. The minimum Gasteiger partial charge on any atom is -0.465 e. The van der Waals surface area contributed by atoms with E-state index in [4.69, 9.17) is 9.72 Å². The van der Waals surface area contributed by atoms with Gasteiger partial charge in [-0.25, -0.2) is 9.59 Å². The lowest BCUT2D eigenvalue weighted by Crippen LogP contribution is -2.48. The fourth-order valence-corrected chi connectivity index (χ4v) is 4.16. The number of ether oxygens (including phenoxy) is 1. The van der Waals surface area contributed by atoms with Gasteiger partial charge in [0.25, 0.3) is 0 Å². The van der Waals surface area contributed by atoms with Gasteiger partial charge < -0.3 is 20.1 Å². The van der Waals surface area contributed by atoms with Gasteiger partial charge >= 0.3 is 12.0 Å². The molecule has 3 heterocycles. The summed E-state index contributed by atoms with van der Waals surface area (Å²) in [5.41, 5.74) is 1.61. The van der Waals surface area contributed by atoms with Crippen molar-refractivity contribution in [1.82, 2.24) is 19.8 Å². The molecule has 1 fully saturated rings. The highest BCUT2D eigenvalue weighted by Gasteiger charge is 2.40. The number of urea groups is 1. The quantitative estimate of drug-likeness (QED) is 0.518. The van der Waals surface area contributed by atoms with Gasteiger partial charge in [-0.15, -0.1) is 5.92 Å². The first-order valence-electron chi connectivity index (χ1n) is 10.8. The molecule has 2 aliphatic heterocycles. The number of aliphatic hydroxyl groups excluding tert-OH is 1. The maximum Gasteiger partial charge on any atom is 0.337 e. The first-order valence-corrected chi connectivity index (χ1v) is 10.8. The van der Waals surface area contributed by atoms with Gasteiger partial charge in [-0.1, -0.05) is 18.1 Å². The Morgan fingerprint density at radius 2 is 2.09 bits per heavy atom. The number of aliphatic hydroxyl groups is 1. The van der Waals surface area contributed by atoms with Crippen LogP contribution in [-0.2, 0) is 17.8 Å². The Balaban J connectivity index is 1.72. The number of rotatable bonds is 5. The fraction of sp³-hybridized carbons (Fsp3) is 0.435. The Morgan fingerprint density at radius 1 is 1.33 bits per heavy atom. The molecule has 1 saturated heterocycles. The monoisotopic (exact) mass is 452 g/mol. The number of nitrogens with one attached hydrogen (secondary N) is 1. The summed E-state index contributed by atoms with van der Waals surface area (Å²) in [4.78, 5) is 34.8. The predicted octanol–water partition coefficient (Wildman–Crippen LogP) is 1.17. The molecule has 1 aromatic heterocycles. The average molecular weight is 453 g/mol. The molecule has 2 aliphatic rings. The first kappa shape index (κ1) is 22.6. The van der Waals surface area contributed by atoms with E-state index in [-0.39, 0.29) is 12.6 Å². The van der Waals surface area contributed by atoms with E-state index in [2.05, 4.69) is 22.1 Å². The topological polar surface area (TPSA) is 103 Å². The molecule has 10 heteroatoms. The zero-order chi connectivity index (χ0) is 23.5. The second kappa shape index (κ2) is 9.52. The van der Waals surface area contributed by atoms with Crippen LogP contribution in [0.1, 0.15) is 34.8 Å². The summed E-state index contributed by atoms with van der Waals surface area (Å²) in [5, 5.41) is 14.7. The van der Waals surface area contributed by atoms with Gasteiger partial charge in [0.1, 0.15) is 5.69 Å². The predicted molar refractivity (Wildman–Crippen MR) is 123 cm³/mol. The molecule has 174 valence electrons. The molecule has 4 rings (SSSR count). The van der Waals surface area contributed by atoms with Crippen molar-refractivity contribution in [2.75, 3.05) is 50.1 Å². The van der Waals surface area contributed by atoms with E-state index >= 15 is 0 Å². The fourth-order valence-electron chi connectivity index (χ4n) is 4.16.